The van der Waals surface area contributed by atoms with Crippen molar-refractivity contribution in [2.75, 3.05) is 0 Å². The van der Waals surface area contributed by atoms with Crippen molar-refractivity contribution in [2.24, 2.45) is 5.73 Å². The van der Waals surface area contributed by atoms with Crippen LogP contribution in [-0.2, 0) is 16.0 Å². The van der Waals surface area contributed by atoms with E-state index < -0.39 is 11.5 Å². The molecule has 0 bridgehead atoms. The smallest absolute Gasteiger partial charge is 0.305 e. The van der Waals surface area contributed by atoms with Gasteiger partial charge in [0, 0.05) is 0 Å². The van der Waals surface area contributed by atoms with E-state index in [-0.39, 0.29) is 12.8 Å². The Hall–Kier alpha value is -1.68. The summed E-state index contributed by atoms with van der Waals surface area (Å²) < 4.78 is 0. The van der Waals surface area contributed by atoms with Gasteiger partial charge in [0.25, 0.3) is 0 Å². The maximum Gasteiger partial charge on any atom is 0.305 e. The number of hydrogen-bond acceptors (Lipinski definition) is 3. The third kappa shape index (κ3) is 3.52. The van der Waals surface area contributed by atoms with E-state index in [1.54, 1.807) is 0 Å². The Morgan fingerprint density at radius 3 is 2.47 bits per heavy atom. The lowest BCUT2D eigenvalue weighted by molar-refractivity contribution is -0.139. The molecule has 1 aromatic carbocycles. The van der Waals surface area contributed by atoms with Crippen LogP contribution in [0.25, 0.3) is 0 Å². The van der Waals surface area contributed by atoms with Gasteiger partial charge in [-0.3, -0.25) is 4.79 Å². The normalized spacial score (nSPS) is 14.2. The molecule has 1 rings (SSSR count). The number of nitrogens with two attached hydrogens (primary N) is 1. The van der Waals surface area contributed by atoms with Gasteiger partial charge in [0.1, 0.15) is 6.29 Å². The van der Waals surface area contributed by atoms with Crippen LogP contribution in [0.15, 0.2) is 30.3 Å². The van der Waals surface area contributed by atoms with Gasteiger partial charge in [-0.2, -0.15) is 0 Å². The molecular formula is C11H13NO3. The summed E-state index contributed by atoms with van der Waals surface area (Å²) >= 11 is 0. The van der Waals surface area contributed by atoms with Crippen molar-refractivity contribution in [2.45, 2.75) is 18.4 Å². The molecule has 0 aliphatic carbocycles. The molecule has 15 heavy (non-hydrogen) atoms. The second-order valence-corrected chi connectivity index (χ2v) is 3.58. The fraction of sp³-hybridized carbons (Fsp3) is 0.273. The van der Waals surface area contributed by atoms with Crippen molar-refractivity contribution >= 4 is 12.3 Å². The molecule has 3 N–H and O–H groups in total. The van der Waals surface area contributed by atoms with Gasteiger partial charge in [-0.1, -0.05) is 30.3 Å². The molecule has 0 fully saturated rings. The molecule has 4 heteroatoms. The lowest BCUT2D eigenvalue weighted by Gasteiger charge is -2.20. The molecule has 0 spiro atoms. The third-order valence-corrected chi connectivity index (χ3v) is 2.09. The molecule has 0 saturated carbocycles. The van der Waals surface area contributed by atoms with Gasteiger partial charge in [0.15, 0.2) is 0 Å². The van der Waals surface area contributed by atoms with Gasteiger partial charge in [-0.25, -0.2) is 0 Å². The molecule has 0 saturated heterocycles. The molecule has 0 amide bonds. The number of carbonyl (C=O) groups is 2. The second-order valence-electron chi connectivity index (χ2n) is 3.58. The molecule has 0 heterocycles. The highest BCUT2D eigenvalue weighted by atomic mass is 16.4. The van der Waals surface area contributed by atoms with Crippen LogP contribution in [0, 0.1) is 0 Å². The lowest BCUT2D eigenvalue weighted by atomic mass is 9.90. The number of carbonyl (C=O) groups excluding carboxylic acids is 1. The van der Waals surface area contributed by atoms with E-state index >= 15 is 0 Å². The van der Waals surface area contributed by atoms with Crippen molar-refractivity contribution in [3.8, 4) is 0 Å². The summed E-state index contributed by atoms with van der Waals surface area (Å²) in [5.41, 5.74) is 5.22. The Kier molecular flexibility index (Phi) is 3.57. The van der Waals surface area contributed by atoms with Crippen LogP contribution < -0.4 is 5.73 Å². The van der Waals surface area contributed by atoms with Crippen LogP contribution in [0.2, 0.25) is 0 Å². The number of hydrogen-bond donors (Lipinski definition) is 2. The summed E-state index contributed by atoms with van der Waals surface area (Å²) in [7, 11) is 0. The highest BCUT2D eigenvalue weighted by Crippen LogP contribution is 2.12. The summed E-state index contributed by atoms with van der Waals surface area (Å²) in [5.74, 6) is -1.07. The Bertz CT molecular complexity index is 350. The quantitative estimate of drug-likeness (QED) is 0.693. The standard InChI is InChI=1S/C11H13NO3/c12-11(8-13,7-10(14)15)6-9-4-2-1-3-5-9/h1-5,8H,6-7,12H2,(H,14,15). The zero-order valence-electron chi connectivity index (χ0n) is 8.22. The average Bonchev–Trinajstić information content (AvgIpc) is 2.18. The van der Waals surface area contributed by atoms with Crippen LogP contribution in [0.4, 0.5) is 0 Å². The first-order valence-electron chi connectivity index (χ1n) is 4.57. The van der Waals surface area contributed by atoms with Gasteiger partial charge < -0.3 is 15.6 Å². The first-order valence-corrected chi connectivity index (χ1v) is 4.57. The van der Waals surface area contributed by atoms with E-state index in [0.717, 1.165) is 5.56 Å². The third-order valence-electron chi connectivity index (χ3n) is 2.09. The minimum absolute atomic E-state index is 0.240. The molecule has 0 radical (unpaired) electrons. The van der Waals surface area contributed by atoms with Gasteiger partial charge in [-0.15, -0.1) is 0 Å². The van der Waals surface area contributed by atoms with E-state index in [1.807, 2.05) is 30.3 Å². The van der Waals surface area contributed by atoms with Crippen molar-refractivity contribution in [3.05, 3.63) is 35.9 Å². The number of benzene rings is 1. The molecule has 0 aliphatic heterocycles. The molecular weight excluding hydrogens is 194 g/mol. The summed E-state index contributed by atoms with van der Waals surface area (Å²) in [6, 6.07) is 9.11. The van der Waals surface area contributed by atoms with Crippen molar-refractivity contribution < 1.29 is 14.7 Å². The van der Waals surface area contributed by atoms with Crippen molar-refractivity contribution in [1.82, 2.24) is 0 Å². The molecule has 1 aromatic rings. The van der Waals surface area contributed by atoms with Crippen LogP contribution >= 0.6 is 0 Å². The number of aliphatic carboxylic acids is 1. The van der Waals surface area contributed by atoms with E-state index in [2.05, 4.69) is 0 Å². The second kappa shape index (κ2) is 4.70. The summed E-state index contributed by atoms with van der Waals surface area (Å²) in [5, 5.41) is 8.62. The highest BCUT2D eigenvalue weighted by molar-refractivity contribution is 5.77. The van der Waals surface area contributed by atoms with Crippen LogP contribution in [0.5, 0.6) is 0 Å². The lowest BCUT2D eigenvalue weighted by Crippen LogP contribution is -2.45. The van der Waals surface area contributed by atoms with Crippen molar-refractivity contribution in [1.29, 1.82) is 0 Å². The van der Waals surface area contributed by atoms with E-state index in [9.17, 15) is 9.59 Å². The Labute approximate surface area is 87.7 Å². The van der Waals surface area contributed by atoms with E-state index in [1.165, 1.54) is 0 Å². The van der Waals surface area contributed by atoms with Gasteiger partial charge in [0.05, 0.1) is 12.0 Å². The molecule has 1 unspecified atom stereocenters. The number of carboxylic acids is 1. The van der Waals surface area contributed by atoms with E-state index in [4.69, 9.17) is 10.8 Å². The molecule has 1 atom stereocenters. The zero-order chi connectivity index (χ0) is 11.3. The van der Waals surface area contributed by atoms with Gasteiger partial charge >= 0.3 is 5.97 Å². The van der Waals surface area contributed by atoms with Crippen LogP contribution in [0.3, 0.4) is 0 Å². The first kappa shape index (κ1) is 11.4. The Morgan fingerprint density at radius 2 is 2.00 bits per heavy atom. The number of aldehydes is 1. The fourth-order valence-electron chi connectivity index (χ4n) is 1.40. The first-order chi connectivity index (χ1) is 7.06. The number of carboxylic acid groups (broad SMARTS) is 1. The number of rotatable bonds is 5. The minimum atomic E-state index is -1.31. The highest BCUT2D eigenvalue weighted by Gasteiger charge is 2.27. The Balaban J connectivity index is 2.76. The molecule has 0 aliphatic rings. The predicted molar refractivity (Wildman–Crippen MR) is 55.4 cm³/mol. The molecule has 80 valence electrons. The summed E-state index contributed by atoms with van der Waals surface area (Å²) in [6.45, 7) is 0. The van der Waals surface area contributed by atoms with Crippen molar-refractivity contribution in [3.63, 3.8) is 0 Å². The summed E-state index contributed by atoms with van der Waals surface area (Å²) in [4.78, 5) is 21.3. The fourth-order valence-corrected chi connectivity index (χ4v) is 1.40. The van der Waals surface area contributed by atoms with Gasteiger partial charge in [-0.05, 0) is 12.0 Å². The summed E-state index contributed by atoms with van der Waals surface area (Å²) in [6.07, 6.45) is 0.392. The SMILES string of the molecule is NC(C=O)(CC(=O)O)Cc1ccccc1. The largest absolute Gasteiger partial charge is 0.481 e. The minimum Gasteiger partial charge on any atom is -0.481 e. The average molecular weight is 207 g/mol. The molecule has 0 aromatic heterocycles. The van der Waals surface area contributed by atoms with Gasteiger partial charge in [0.2, 0.25) is 0 Å². The topological polar surface area (TPSA) is 80.4 Å². The maximum absolute atomic E-state index is 10.8. The Morgan fingerprint density at radius 1 is 1.40 bits per heavy atom. The van der Waals surface area contributed by atoms with Crippen LogP contribution in [0.1, 0.15) is 12.0 Å². The monoisotopic (exact) mass is 207 g/mol. The van der Waals surface area contributed by atoms with Crippen LogP contribution in [-0.4, -0.2) is 22.9 Å². The maximum atomic E-state index is 10.8. The molecule has 4 nitrogen and oxygen atoms in total. The zero-order valence-corrected chi connectivity index (χ0v) is 8.22. The predicted octanol–water partition coefficient (Wildman–Crippen LogP) is 0.600. The van der Waals surface area contributed by atoms with E-state index in [0.29, 0.717) is 6.29 Å².